The summed E-state index contributed by atoms with van der Waals surface area (Å²) in [5, 5.41) is 26.3. The van der Waals surface area contributed by atoms with Gasteiger partial charge in [0.15, 0.2) is 0 Å². The maximum absolute atomic E-state index is 10.7. The number of anilines is 1. The molecule has 11 heteroatoms. The Bertz CT molecular complexity index is 1380. The molecule has 0 aliphatic carbocycles. The van der Waals surface area contributed by atoms with Gasteiger partial charge in [-0.3, -0.25) is 4.98 Å². The van der Waals surface area contributed by atoms with Crippen molar-refractivity contribution in [3.8, 4) is 28.7 Å². The summed E-state index contributed by atoms with van der Waals surface area (Å²) < 4.78 is 6.90. The average molecular weight is 456 g/mol. The first kappa shape index (κ1) is 22.5. The van der Waals surface area contributed by atoms with Gasteiger partial charge < -0.3 is 15.6 Å². The summed E-state index contributed by atoms with van der Waals surface area (Å²) in [6, 6.07) is 16.3. The summed E-state index contributed by atoms with van der Waals surface area (Å²) in [7, 11) is 0. The van der Waals surface area contributed by atoms with Crippen LogP contribution in [0.5, 0.6) is 0 Å². The molecule has 0 aliphatic rings. The zero-order valence-corrected chi connectivity index (χ0v) is 18.2. The molecule has 0 fully saturated rings. The van der Waals surface area contributed by atoms with E-state index in [2.05, 4.69) is 31.3 Å². The second-order valence-corrected chi connectivity index (χ2v) is 7.39. The third kappa shape index (κ3) is 5.37. The van der Waals surface area contributed by atoms with Gasteiger partial charge in [-0.1, -0.05) is 23.4 Å². The first-order valence-corrected chi connectivity index (χ1v) is 10.3. The van der Waals surface area contributed by atoms with Gasteiger partial charge >= 0.3 is 5.97 Å². The Hall–Kier alpha value is -4.69. The molecule has 3 aromatic heterocycles. The summed E-state index contributed by atoms with van der Waals surface area (Å²) >= 11 is 0. The van der Waals surface area contributed by atoms with Crippen LogP contribution < -0.4 is 5.73 Å². The summed E-state index contributed by atoms with van der Waals surface area (Å²) in [5.74, 6) is -0.960. The Morgan fingerprint density at radius 2 is 1.94 bits per heavy atom. The van der Waals surface area contributed by atoms with Crippen LogP contribution in [-0.2, 0) is 16.1 Å². The number of nitrogens with zero attached hydrogens (tertiary/aromatic N) is 7. The number of pyridine rings is 1. The summed E-state index contributed by atoms with van der Waals surface area (Å²) in [6.45, 7) is 1.68. The third-order valence-electron chi connectivity index (χ3n) is 4.86. The van der Waals surface area contributed by atoms with E-state index in [1.54, 1.807) is 48.1 Å². The van der Waals surface area contributed by atoms with Crippen molar-refractivity contribution in [3.05, 3.63) is 71.7 Å². The molecule has 0 bridgehead atoms. The van der Waals surface area contributed by atoms with Crippen LogP contribution in [0.15, 0.2) is 54.7 Å². The Labute approximate surface area is 194 Å². The molecular formula is C23H20N8O3. The molecule has 170 valence electrons. The van der Waals surface area contributed by atoms with E-state index in [9.17, 15) is 4.79 Å². The molecule has 1 aromatic carbocycles. The molecule has 0 amide bonds. The summed E-state index contributed by atoms with van der Waals surface area (Å²) in [5.41, 5.74) is 10.1. The highest BCUT2D eigenvalue weighted by Crippen LogP contribution is 2.24. The van der Waals surface area contributed by atoms with Crippen molar-refractivity contribution in [2.75, 3.05) is 12.3 Å². The quantitative estimate of drug-likeness (QED) is 0.402. The number of nitrogen functional groups attached to an aromatic ring is 1. The lowest BCUT2D eigenvalue weighted by Crippen LogP contribution is -2.12. The fourth-order valence-electron chi connectivity index (χ4n) is 3.25. The molecular weight excluding hydrogens is 436 g/mol. The van der Waals surface area contributed by atoms with Gasteiger partial charge in [0.25, 0.3) is 0 Å². The zero-order valence-electron chi connectivity index (χ0n) is 18.2. The Morgan fingerprint density at radius 1 is 1.15 bits per heavy atom. The Kier molecular flexibility index (Phi) is 6.52. The van der Waals surface area contributed by atoms with Gasteiger partial charge in [-0.05, 0) is 37.3 Å². The van der Waals surface area contributed by atoms with Crippen LogP contribution in [0, 0.1) is 11.3 Å². The predicted molar refractivity (Wildman–Crippen MR) is 121 cm³/mol. The van der Waals surface area contributed by atoms with Crippen LogP contribution in [0.3, 0.4) is 0 Å². The number of carbonyl (C=O) groups is 1. The molecule has 0 saturated heterocycles. The lowest BCUT2D eigenvalue weighted by Gasteiger charge is -2.12. The molecule has 4 aromatic rings. The van der Waals surface area contributed by atoms with Gasteiger partial charge in [-0.2, -0.15) is 5.26 Å². The highest BCUT2D eigenvalue weighted by atomic mass is 16.5. The molecule has 1 atom stereocenters. The molecule has 3 heterocycles. The number of benzene rings is 1. The summed E-state index contributed by atoms with van der Waals surface area (Å²) in [4.78, 5) is 23.8. The van der Waals surface area contributed by atoms with E-state index in [0.29, 0.717) is 40.6 Å². The van der Waals surface area contributed by atoms with Crippen molar-refractivity contribution < 1.29 is 14.6 Å². The minimum Gasteiger partial charge on any atom is -0.480 e. The molecule has 3 N–H and O–H groups in total. The lowest BCUT2D eigenvalue weighted by molar-refractivity contribution is -0.144. The molecule has 4 rings (SSSR count). The highest BCUT2D eigenvalue weighted by molar-refractivity contribution is 5.68. The number of rotatable bonds is 8. The second kappa shape index (κ2) is 9.85. The van der Waals surface area contributed by atoms with Crippen LogP contribution in [-0.4, -0.2) is 47.6 Å². The van der Waals surface area contributed by atoms with E-state index in [-0.39, 0.29) is 5.95 Å². The van der Waals surface area contributed by atoms with E-state index in [4.69, 9.17) is 20.8 Å². The van der Waals surface area contributed by atoms with E-state index < -0.39 is 18.7 Å². The lowest BCUT2D eigenvalue weighted by atomic mass is 10.1. The molecule has 0 saturated carbocycles. The molecule has 0 radical (unpaired) electrons. The van der Waals surface area contributed by atoms with Gasteiger partial charge in [0, 0.05) is 5.56 Å². The van der Waals surface area contributed by atoms with Crippen LogP contribution in [0.1, 0.15) is 30.0 Å². The summed E-state index contributed by atoms with van der Waals surface area (Å²) in [6.07, 6.45) is 1.25. The number of ether oxygens (including phenoxy) is 1. The van der Waals surface area contributed by atoms with E-state index >= 15 is 0 Å². The van der Waals surface area contributed by atoms with Crippen molar-refractivity contribution in [3.63, 3.8) is 0 Å². The second-order valence-electron chi connectivity index (χ2n) is 7.39. The predicted octanol–water partition coefficient (Wildman–Crippen LogP) is 2.46. The number of hydrogen-bond acceptors (Lipinski definition) is 9. The van der Waals surface area contributed by atoms with Crippen molar-refractivity contribution in [1.82, 2.24) is 29.9 Å². The molecule has 34 heavy (non-hydrogen) atoms. The monoisotopic (exact) mass is 456 g/mol. The average Bonchev–Trinajstić information content (AvgIpc) is 3.31. The molecule has 1 unspecified atom stereocenters. The van der Waals surface area contributed by atoms with Gasteiger partial charge in [-0.25, -0.2) is 19.4 Å². The van der Waals surface area contributed by atoms with E-state index in [0.717, 1.165) is 5.56 Å². The van der Waals surface area contributed by atoms with E-state index in [1.165, 1.54) is 0 Å². The first-order valence-electron chi connectivity index (χ1n) is 10.3. The fraction of sp³-hybridized carbons (Fsp3) is 0.174. The first-order chi connectivity index (χ1) is 16.4. The number of hydrogen-bond donors (Lipinski definition) is 2. The fourth-order valence-corrected chi connectivity index (χ4v) is 3.25. The number of aromatic nitrogens is 6. The molecule has 0 spiro atoms. The SMILES string of the molecule is CC(OCC(=O)O)c1cccc(Cn2cc(-c3cc(-c4cccc(C#N)c4)nc(N)n3)nn2)n1. The molecule has 11 nitrogen and oxygen atoms in total. The van der Waals surface area contributed by atoms with Crippen molar-refractivity contribution in [2.24, 2.45) is 0 Å². The smallest absolute Gasteiger partial charge is 0.329 e. The van der Waals surface area contributed by atoms with Crippen LogP contribution in [0.25, 0.3) is 22.6 Å². The van der Waals surface area contributed by atoms with Gasteiger partial charge in [0.1, 0.15) is 12.3 Å². The number of carboxylic acid groups (broad SMARTS) is 1. The normalized spacial score (nSPS) is 11.6. The van der Waals surface area contributed by atoms with Gasteiger partial charge in [0.2, 0.25) is 5.95 Å². The topological polar surface area (TPSA) is 166 Å². The van der Waals surface area contributed by atoms with Crippen LogP contribution in [0.4, 0.5) is 5.95 Å². The van der Waals surface area contributed by atoms with Gasteiger partial charge in [0.05, 0.1) is 53.3 Å². The molecule has 0 aliphatic heterocycles. The third-order valence-corrected chi connectivity index (χ3v) is 4.86. The number of nitriles is 1. The Morgan fingerprint density at radius 3 is 2.74 bits per heavy atom. The highest BCUT2D eigenvalue weighted by Gasteiger charge is 2.13. The maximum Gasteiger partial charge on any atom is 0.329 e. The van der Waals surface area contributed by atoms with Crippen molar-refractivity contribution in [2.45, 2.75) is 19.6 Å². The minimum atomic E-state index is -1.04. The van der Waals surface area contributed by atoms with Crippen LogP contribution in [0.2, 0.25) is 0 Å². The van der Waals surface area contributed by atoms with E-state index in [1.807, 2.05) is 18.2 Å². The van der Waals surface area contributed by atoms with Gasteiger partial charge in [-0.15, -0.1) is 5.10 Å². The van der Waals surface area contributed by atoms with Crippen molar-refractivity contribution in [1.29, 1.82) is 5.26 Å². The Balaban J connectivity index is 1.54. The number of aliphatic carboxylic acids is 1. The number of carboxylic acids is 1. The van der Waals surface area contributed by atoms with Crippen LogP contribution >= 0.6 is 0 Å². The minimum absolute atomic E-state index is 0.0779. The number of nitrogens with two attached hydrogens (primary N) is 1. The zero-order chi connectivity index (χ0) is 24.1. The standard InChI is InChI=1S/C23H20N8O3/c1-14(34-13-22(32)33)18-7-3-6-17(26-18)11-31-12-21(29-30-31)20-9-19(27-23(25)28-20)16-5-2-4-15(8-16)10-24/h2-9,12,14H,11,13H2,1H3,(H,32,33)(H2,25,27,28). The van der Waals surface area contributed by atoms with Crippen molar-refractivity contribution >= 4 is 11.9 Å². The largest absolute Gasteiger partial charge is 0.480 e. The maximum atomic E-state index is 10.7.